The first-order chi connectivity index (χ1) is 9.17. The van der Waals surface area contributed by atoms with Crippen molar-refractivity contribution < 1.29 is 17.6 Å². The van der Waals surface area contributed by atoms with Gasteiger partial charge in [-0.15, -0.1) is 0 Å². The average Bonchev–Trinajstić information content (AvgIpc) is 2.77. The summed E-state index contributed by atoms with van der Waals surface area (Å²) >= 11 is 0. The number of rotatable bonds is 3. The van der Waals surface area contributed by atoms with Gasteiger partial charge < -0.3 is 11.5 Å². The molecule has 110 valence electrons. The Kier molecular flexibility index (Phi) is 3.47. The number of halogens is 1. The van der Waals surface area contributed by atoms with Crippen LogP contribution in [-0.4, -0.2) is 31.7 Å². The van der Waals surface area contributed by atoms with Gasteiger partial charge in [0.25, 0.3) is 0 Å². The Hall–Kier alpha value is -1.67. The zero-order valence-electron chi connectivity index (χ0n) is 11.0. The Morgan fingerprint density at radius 1 is 1.45 bits per heavy atom. The van der Waals surface area contributed by atoms with Crippen LogP contribution in [0.3, 0.4) is 0 Å². The van der Waals surface area contributed by atoms with Crippen molar-refractivity contribution in [2.24, 2.45) is 11.1 Å². The van der Waals surface area contributed by atoms with E-state index >= 15 is 0 Å². The number of nitrogen functional groups attached to an aromatic ring is 1. The van der Waals surface area contributed by atoms with Crippen LogP contribution in [0.4, 0.5) is 10.1 Å². The molecule has 0 radical (unpaired) electrons. The van der Waals surface area contributed by atoms with E-state index in [-0.39, 0.29) is 23.7 Å². The minimum Gasteiger partial charge on any atom is -0.396 e. The molecule has 1 amide bonds. The van der Waals surface area contributed by atoms with Gasteiger partial charge in [0.1, 0.15) is 5.82 Å². The number of primary amides is 1. The van der Waals surface area contributed by atoms with E-state index in [4.69, 9.17) is 11.5 Å². The molecule has 1 fully saturated rings. The molecule has 0 aliphatic carbocycles. The van der Waals surface area contributed by atoms with E-state index in [0.29, 0.717) is 6.42 Å². The van der Waals surface area contributed by atoms with E-state index < -0.39 is 27.2 Å². The van der Waals surface area contributed by atoms with Gasteiger partial charge in [-0.05, 0) is 31.5 Å². The molecule has 4 N–H and O–H groups in total. The summed E-state index contributed by atoms with van der Waals surface area (Å²) in [5, 5.41) is 0. The predicted molar refractivity (Wildman–Crippen MR) is 71.5 cm³/mol. The Balaban J connectivity index is 2.33. The summed E-state index contributed by atoms with van der Waals surface area (Å²) in [5.41, 5.74) is 9.60. The molecule has 1 aliphatic heterocycles. The lowest BCUT2D eigenvalue weighted by atomic mass is 9.89. The van der Waals surface area contributed by atoms with Crippen molar-refractivity contribution in [3.63, 3.8) is 0 Å². The number of sulfonamides is 1. The Labute approximate surface area is 116 Å². The second-order valence-corrected chi connectivity index (χ2v) is 7.13. The Bertz CT molecular complexity index is 662. The standard InChI is InChI=1S/C12H16FN3O3S/c1-12(11(15)17)4-5-16(7-12)20(18,19)8-2-3-10(14)9(13)6-8/h2-3,6H,4-5,7,14H2,1H3,(H2,15,17). The smallest absolute Gasteiger partial charge is 0.243 e. The van der Waals surface area contributed by atoms with Crippen molar-refractivity contribution in [2.45, 2.75) is 18.2 Å². The van der Waals surface area contributed by atoms with E-state index in [1.807, 2.05) is 0 Å². The first kappa shape index (κ1) is 14.7. The molecule has 0 saturated carbocycles. The maximum Gasteiger partial charge on any atom is 0.243 e. The fourth-order valence-electron chi connectivity index (χ4n) is 2.14. The van der Waals surface area contributed by atoms with Crippen LogP contribution in [0.1, 0.15) is 13.3 Å². The molecular formula is C12H16FN3O3S. The molecule has 0 aromatic heterocycles. The topological polar surface area (TPSA) is 106 Å². The van der Waals surface area contributed by atoms with Gasteiger partial charge in [-0.2, -0.15) is 4.31 Å². The lowest BCUT2D eigenvalue weighted by Gasteiger charge is -2.21. The van der Waals surface area contributed by atoms with Gasteiger partial charge in [0.05, 0.1) is 16.0 Å². The molecule has 6 nitrogen and oxygen atoms in total. The number of carbonyl (C=O) groups excluding carboxylic acids is 1. The molecule has 1 aromatic rings. The van der Waals surface area contributed by atoms with E-state index in [2.05, 4.69) is 0 Å². The highest BCUT2D eigenvalue weighted by atomic mass is 32.2. The minimum absolute atomic E-state index is 0.00331. The molecule has 20 heavy (non-hydrogen) atoms. The molecular weight excluding hydrogens is 285 g/mol. The molecule has 2 rings (SSSR count). The largest absolute Gasteiger partial charge is 0.396 e. The minimum atomic E-state index is -3.85. The van der Waals surface area contributed by atoms with E-state index in [1.165, 1.54) is 12.1 Å². The molecule has 1 aliphatic rings. The maximum atomic E-state index is 13.4. The fraction of sp³-hybridized carbons (Fsp3) is 0.417. The van der Waals surface area contributed by atoms with E-state index in [1.54, 1.807) is 6.92 Å². The third-order valence-electron chi connectivity index (χ3n) is 3.64. The highest BCUT2D eigenvalue weighted by Gasteiger charge is 2.43. The van der Waals surface area contributed by atoms with Crippen molar-refractivity contribution in [1.29, 1.82) is 0 Å². The maximum absolute atomic E-state index is 13.4. The molecule has 8 heteroatoms. The molecule has 0 spiro atoms. The van der Waals surface area contributed by atoms with Crippen molar-refractivity contribution in [2.75, 3.05) is 18.8 Å². The third kappa shape index (κ3) is 2.36. The third-order valence-corrected chi connectivity index (χ3v) is 5.48. The van der Waals surface area contributed by atoms with Crippen LogP contribution in [0, 0.1) is 11.2 Å². The molecule has 1 saturated heterocycles. The first-order valence-corrected chi connectivity index (χ1v) is 7.46. The number of carbonyl (C=O) groups is 1. The second-order valence-electron chi connectivity index (χ2n) is 5.20. The van der Waals surface area contributed by atoms with Crippen LogP contribution in [0.5, 0.6) is 0 Å². The summed E-state index contributed by atoms with van der Waals surface area (Å²) in [4.78, 5) is 11.2. The van der Waals surface area contributed by atoms with Gasteiger partial charge in [-0.25, -0.2) is 12.8 Å². The summed E-state index contributed by atoms with van der Waals surface area (Å²) in [6.45, 7) is 1.79. The normalized spacial score (nSPS) is 23.9. The fourth-order valence-corrected chi connectivity index (χ4v) is 3.72. The van der Waals surface area contributed by atoms with Crippen LogP contribution < -0.4 is 11.5 Å². The summed E-state index contributed by atoms with van der Waals surface area (Å²) in [7, 11) is -3.85. The molecule has 1 aromatic carbocycles. The van der Waals surface area contributed by atoms with E-state index in [0.717, 1.165) is 10.4 Å². The summed E-state index contributed by atoms with van der Waals surface area (Å²) in [5.74, 6) is -1.33. The van der Waals surface area contributed by atoms with Gasteiger partial charge in [-0.1, -0.05) is 0 Å². The van der Waals surface area contributed by atoms with Gasteiger partial charge >= 0.3 is 0 Å². The van der Waals surface area contributed by atoms with Crippen LogP contribution in [0.25, 0.3) is 0 Å². The highest BCUT2D eigenvalue weighted by molar-refractivity contribution is 7.89. The number of amides is 1. The van der Waals surface area contributed by atoms with Crippen molar-refractivity contribution in [1.82, 2.24) is 4.31 Å². The Morgan fingerprint density at radius 3 is 2.60 bits per heavy atom. The Morgan fingerprint density at radius 2 is 2.10 bits per heavy atom. The van der Waals surface area contributed by atoms with Crippen molar-refractivity contribution in [3.8, 4) is 0 Å². The van der Waals surface area contributed by atoms with Crippen LogP contribution in [-0.2, 0) is 14.8 Å². The van der Waals surface area contributed by atoms with Gasteiger partial charge in [-0.3, -0.25) is 4.79 Å². The van der Waals surface area contributed by atoms with Crippen molar-refractivity contribution >= 4 is 21.6 Å². The monoisotopic (exact) mass is 301 g/mol. The zero-order chi connectivity index (χ0) is 15.1. The lowest BCUT2D eigenvalue weighted by Crippen LogP contribution is -2.38. The summed E-state index contributed by atoms with van der Waals surface area (Å²) in [6, 6.07) is 3.32. The SMILES string of the molecule is CC1(C(N)=O)CCN(S(=O)(=O)c2ccc(N)c(F)c2)C1. The molecule has 1 atom stereocenters. The van der Waals surface area contributed by atoms with Gasteiger partial charge in [0, 0.05) is 13.1 Å². The van der Waals surface area contributed by atoms with Gasteiger partial charge in [0.15, 0.2) is 0 Å². The quantitative estimate of drug-likeness (QED) is 0.783. The number of benzene rings is 1. The van der Waals surface area contributed by atoms with Crippen molar-refractivity contribution in [3.05, 3.63) is 24.0 Å². The summed E-state index contributed by atoms with van der Waals surface area (Å²) in [6.07, 6.45) is 0.346. The predicted octanol–water partition coefficient (Wildman–Crippen LogP) is 0.294. The highest BCUT2D eigenvalue weighted by Crippen LogP contribution is 2.33. The number of hydrogen-bond acceptors (Lipinski definition) is 4. The number of anilines is 1. The summed E-state index contributed by atoms with van der Waals surface area (Å²) < 4.78 is 39.3. The lowest BCUT2D eigenvalue weighted by molar-refractivity contribution is -0.126. The molecule has 1 unspecified atom stereocenters. The zero-order valence-corrected chi connectivity index (χ0v) is 11.8. The van der Waals surface area contributed by atoms with Crippen LogP contribution in [0.2, 0.25) is 0 Å². The molecule has 0 bridgehead atoms. The van der Waals surface area contributed by atoms with Crippen LogP contribution >= 0.6 is 0 Å². The average molecular weight is 301 g/mol. The molecule has 1 heterocycles. The van der Waals surface area contributed by atoms with Gasteiger partial charge in [0.2, 0.25) is 15.9 Å². The van der Waals surface area contributed by atoms with Crippen LogP contribution in [0.15, 0.2) is 23.1 Å². The number of hydrogen-bond donors (Lipinski definition) is 2. The number of nitrogens with zero attached hydrogens (tertiary/aromatic N) is 1. The van der Waals surface area contributed by atoms with E-state index in [9.17, 15) is 17.6 Å². The first-order valence-electron chi connectivity index (χ1n) is 6.02. The second kappa shape index (κ2) is 4.71. The number of nitrogens with two attached hydrogens (primary N) is 2.